The van der Waals surface area contributed by atoms with Crippen molar-refractivity contribution >= 4 is 12.2 Å². The van der Waals surface area contributed by atoms with Gasteiger partial charge in [0.05, 0.1) is 5.56 Å². The monoisotopic (exact) mass is 263 g/mol. The van der Waals surface area contributed by atoms with Gasteiger partial charge in [-0.2, -0.15) is 0 Å². The lowest BCUT2D eigenvalue weighted by molar-refractivity contribution is -0.124. The first-order valence-corrected chi connectivity index (χ1v) is 6.38. The van der Waals surface area contributed by atoms with Crippen molar-refractivity contribution in [3.63, 3.8) is 0 Å². The molecule has 0 atom stereocenters. The van der Waals surface area contributed by atoms with Crippen LogP contribution in [0.25, 0.3) is 0 Å². The van der Waals surface area contributed by atoms with Crippen LogP contribution in [-0.2, 0) is 4.79 Å². The number of para-hydroxylation sites is 1. The predicted octanol–water partition coefficient (Wildman–Crippen LogP) is 2.49. The lowest BCUT2D eigenvalue weighted by Gasteiger charge is -2.24. The van der Waals surface area contributed by atoms with E-state index in [4.69, 9.17) is 4.74 Å². The molecule has 104 valence electrons. The quantitative estimate of drug-likeness (QED) is 0.802. The zero-order valence-corrected chi connectivity index (χ0v) is 11.9. The van der Waals surface area contributed by atoms with Crippen LogP contribution >= 0.6 is 0 Å². The molecule has 19 heavy (non-hydrogen) atoms. The number of aldehydes is 1. The maximum absolute atomic E-state index is 11.8. The molecule has 1 rings (SSSR count). The van der Waals surface area contributed by atoms with Gasteiger partial charge in [-0.1, -0.05) is 19.1 Å². The van der Waals surface area contributed by atoms with Crippen molar-refractivity contribution in [1.29, 1.82) is 0 Å². The SMILES string of the molecule is CCC(C)(C)NC(=O)COc1c(C)cccc1C=O. The Kier molecular flexibility index (Phi) is 5.10. The fourth-order valence-corrected chi connectivity index (χ4v) is 1.60. The van der Waals surface area contributed by atoms with Crippen LogP contribution < -0.4 is 10.1 Å². The number of aryl methyl sites for hydroxylation is 1. The molecular weight excluding hydrogens is 242 g/mol. The highest BCUT2D eigenvalue weighted by Gasteiger charge is 2.18. The molecule has 0 unspecified atom stereocenters. The summed E-state index contributed by atoms with van der Waals surface area (Å²) >= 11 is 0. The molecule has 1 aromatic rings. The molecule has 0 spiro atoms. The van der Waals surface area contributed by atoms with Crippen molar-refractivity contribution in [3.05, 3.63) is 29.3 Å². The minimum absolute atomic E-state index is 0.0882. The van der Waals surface area contributed by atoms with Gasteiger partial charge in [0.15, 0.2) is 12.9 Å². The summed E-state index contributed by atoms with van der Waals surface area (Å²) in [5.74, 6) is 0.286. The van der Waals surface area contributed by atoms with Crippen molar-refractivity contribution in [2.24, 2.45) is 0 Å². The Morgan fingerprint density at radius 2 is 2.11 bits per heavy atom. The first-order chi connectivity index (χ1) is 8.89. The Balaban J connectivity index is 2.67. The summed E-state index contributed by atoms with van der Waals surface area (Å²) in [5, 5.41) is 2.88. The molecule has 4 heteroatoms. The normalized spacial score (nSPS) is 10.9. The highest BCUT2D eigenvalue weighted by atomic mass is 16.5. The summed E-state index contributed by atoms with van der Waals surface area (Å²) < 4.78 is 5.47. The number of hydrogen-bond donors (Lipinski definition) is 1. The van der Waals surface area contributed by atoms with E-state index in [0.29, 0.717) is 11.3 Å². The Labute approximate surface area is 114 Å². The topological polar surface area (TPSA) is 55.4 Å². The Morgan fingerprint density at radius 1 is 1.42 bits per heavy atom. The molecule has 0 radical (unpaired) electrons. The van der Waals surface area contributed by atoms with Gasteiger partial charge in [-0.15, -0.1) is 0 Å². The molecule has 0 saturated heterocycles. The van der Waals surface area contributed by atoms with Crippen LogP contribution in [0.3, 0.4) is 0 Å². The third-order valence-corrected chi connectivity index (χ3v) is 3.08. The highest BCUT2D eigenvalue weighted by molar-refractivity contribution is 5.81. The number of rotatable bonds is 6. The first kappa shape index (κ1) is 15.2. The van der Waals surface area contributed by atoms with Gasteiger partial charge in [-0.05, 0) is 38.8 Å². The molecule has 0 aromatic heterocycles. The third-order valence-electron chi connectivity index (χ3n) is 3.08. The maximum atomic E-state index is 11.8. The average Bonchev–Trinajstić information content (AvgIpc) is 2.36. The smallest absolute Gasteiger partial charge is 0.258 e. The van der Waals surface area contributed by atoms with E-state index in [1.54, 1.807) is 12.1 Å². The molecule has 0 aliphatic rings. The lowest BCUT2D eigenvalue weighted by atomic mass is 10.0. The van der Waals surface area contributed by atoms with Crippen LogP contribution in [0.15, 0.2) is 18.2 Å². The second kappa shape index (κ2) is 6.36. The van der Waals surface area contributed by atoms with Crippen molar-refractivity contribution < 1.29 is 14.3 Å². The summed E-state index contributed by atoms with van der Waals surface area (Å²) in [6, 6.07) is 5.30. The number of carbonyl (C=O) groups excluding carboxylic acids is 2. The number of nitrogens with one attached hydrogen (secondary N) is 1. The molecule has 0 aliphatic carbocycles. The lowest BCUT2D eigenvalue weighted by Crippen LogP contribution is -2.45. The van der Waals surface area contributed by atoms with Crippen molar-refractivity contribution in [1.82, 2.24) is 5.32 Å². The fourth-order valence-electron chi connectivity index (χ4n) is 1.60. The largest absolute Gasteiger partial charge is 0.483 e. The van der Waals surface area contributed by atoms with Crippen LogP contribution in [-0.4, -0.2) is 24.3 Å². The maximum Gasteiger partial charge on any atom is 0.258 e. The van der Waals surface area contributed by atoms with E-state index in [2.05, 4.69) is 5.32 Å². The van der Waals surface area contributed by atoms with Gasteiger partial charge in [0.2, 0.25) is 0 Å². The van der Waals surface area contributed by atoms with E-state index in [-0.39, 0.29) is 18.1 Å². The van der Waals surface area contributed by atoms with Gasteiger partial charge in [-0.25, -0.2) is 0 Å². The number of benzene rings is 1. The zero-order valence-electron chi connectivity index (χ0n) is 11.9. The molecule has 0 fully saturated rings. The molecule has 0 bridgehead atoms. The molecule has 4 nitrogen and oxygen atoms in total. The van der Waals surface area contributed by atoms with E-state index >= 15 is 0 Å². The van der Waals surface area contributed by atoms with Crippen LogP contribution in [0.2, 0.25) is 0 Å². The summed E-state index contributed by atoms with van der Waals surface area (Å²) in [7, 11) is 0. The minimum atomic E-state index is -0.250. The van der Waals surface area contributed by atoms with E-state index in [0.717, 1.165) is 18.3 Å². The second-order valence-corrected chi connectivity index (χ2v) is 5.19. The summed E-state index contributed by atoms with van der Waals surface area (Å²) in [5.41, 5.74) is 1.05. The highest BCUT2D eigenvalue weighted by Crippen LogP contribution is 2.21. The zero-order chi connectivity index (χ0) is 14.5. The van der Waals surface area contributed by atoms with E-state index in [1.807, 2.05) is 33.8 Å². The number of amides is 1. The fraction of sp³-hybridized carbons (Fsp3) is 0.467. The van der Waals surface area contributed by atoms with Gasteiger partial charge in [0.25, 0.3) is 5.91 Å². The van der Waals surface area contributed by atoms with Gasteiger partial charge in [0.1, 0.15) is 5.75 Å². The standard InChI is InChI=1S/C15H21NO3/c1-5-15(3,4)16-13(18)10-19-14-11(2)7-6-8-12(14)9-17/h6-9H,5,10H2,1-4H3,(H,16,18). The van der Waals surface area contributed by atoms with Crippen LogP contribution in [0.1, 0.15) is 43.1 Å². The number of hydrogen-bond acceptors (Lipinski definition) is 3. The minimum Gasteiger partial charge on any atom is -0.483 e. The van der Waals surface area contributed by atoms with Gasteiger partial charge < -0.3 is 10.1 Å². The predicted molar refractivity (Wildman–Crippen MR) is 74.6 cm³/mol. The second-order valence-electron chi connectivity index (χ2n) is 5.19. The number of carbonyl (C=O) groups is 2. The first-order valence-electron chi connectivity index (χ1n) is 6.38. The van der Waals surface area contributed by atoms with Crippen molar-refractivity contribution in [2.75, 3.05) is 6.61 Å². The van der Waals surface area contributed by atoms with E-state index < -0.39 is 0 Å². The average molecular weight is 263 g/mol. The summed E-state index contributed by atoms with van der Waals surface area (Å²) in [4.78, 5) is 22.7. The molecule has 0 aliphatic heterocycles. The van der Waals surface area contributed by atoms with Crippen LogP contribution in [0, 0.1) is 6.92 Å². The van der Waals surface area contributed by atoms with Crippen LogP contribution in [0.5, 0.6) is 5.75 Å². The van der Waals surface area contributed by atoms with Gasteiger partial charge in [0, 0.05) is 5.54 Å². The van der Waals surface area contributed by atoms with Crippen molar-refractivity contribution in [2.45, 2.75) is 39.7 Å². The summed E-state index contributed by atoms with van der Waals surface area (Å²) in [6.45, 7) is 7.67. The van der Waals surface area contributed by atoms with Crippen molar-refractivity contribution in [3.8, 4) is 5.75 Å². The molecule has 0 saturated carbocycles. The Morgan fingerprint density at radius 3 is 2.68 bits per heavy atom. The number of ether oxygens (including phenoxy) is 1. The third kappa shape index (κ3) is 4.39. The van der Waals surface area contributed by atoms with Crippen LogP contribution in [0.4, 0.5) is 0 Å². The van der Waals surface area contributed by atoms with E-state index in [1.165, 1.54) is 0 Å². The Bertz CT molecular complexity index is 466. The Hall–Kier alpha value is -1.84. The van der Waals surface area contributed by atoms with Gasteiger partial charge >= 0.3 is 0 Å². The molecule has 1 amide bonds. The molecule has 1 aromatic carbocycles. The van der Waals surface area contributed by atoms with E-state index in [9.17, 15) is 9.59 Å². The molecule has 0 heterocycles. The summed E-state index contributed by atoms with van der Waals surface area (Å²) in [6.07, 6.45) is 1.57. The molecule has 1 N–H and O–H groups in total. The van der Waals surface area contributed by atoms with Gasteiger partial charge in [-0.3, -0.25) is 9.59 Å². The molecular formula is C15H21NO3.